The molecule has 1 aromatic heterocycles. The summed E-state index contributed by atoms with van der Waals surface area (Å²) >= 11 is 0. The van der Waals surface area contributed by atoms with Crippen LogP contribution in [0, 0.1) is 0 Å². The first-order chi connectivity index (χ1) is 37.3. The third-order valence-corrected chi connectivity index (χ3v) is 16.0. The van der Waals surface area contributed by atoms with Crippen molar-refractivity contribution >= 4 is 38.9 Å². The molecular weight excluding hydrogens is 905 g/mol. The molecule has 1 heterocycles. The molecule has 1 spiro atoms. The van der Waals surface area contributed by atoms with E-state index in [0.717, 1.165) is 33.9 Å². The van der Waals surface area contributed by atoms with Gasteiger partial charge in [-0.05, 0) is 126 Å². The van der Waals surface area contributed by atoms with Crippen molar-refractivity contribution < 1.29 is 0 Å². The third-order valence-electron chi connectivity index (χ3n) is 16.0. The Morgan fingerprint density at radius 3 is 1.40 bits per heavy atom. The predicted octanol–water partition coefficient (Wildman–Crippen LogP) is 19.3. The molecule has 2 aliphatic carbocycles. The van der Waals surface area contributed by atoms with Crippen LogP contribution in [0.2, 0.25) is 0 Å². The summed E-state index contributed by atoms with van der Waals surface area (Å²) in [5, 5.41) is 2.47. The number of nitrogens with zero attached hydrogens (tertiary/aromatic N) is 2. The predicted molar refractivity (Wildman–Crippen MR) is 314 cm³/mol. The zero-order valence-electron chi connectivity index (χ0n) is 41.1. The lowest BCUT2D eigenvalue weighted by atomic mass is 9.70. The molecule has 0 amide bonds. The Kier molecular flexibility index (Phi) is 9.83. The molecule has 0 unspecified atom stereocenters. The molecule has 75 heavy (non-hydrogen) atoms. The van der Waals surface area contributed by atoms with Crippen LogP contribution in [0.4, 0.5) is 17.1 Å². The number of para-hydroxylation sites is 4. The van der Waals surface area contributed by atoms with E-state index in [0.29, 0.717) is 0 Å². The molecule has 0 saturated heterocycles. The second-order valence-corrected chi connectivity index (χ2v) is 19.9. The van der Waals surface area contributed by atoms with Crippen LogP contribution in [0.15, 0.2) is 291 Å². The summed E-state index contributed by atoms with van der Waals surface area (Å²) in [5.74, 6) is 0. The normalized spacial score (nSPS) is 12.6. The number of benzene rings is 12. The molecular formula is C73H48N2. The van der Waals surface area contributed by atoms with E-state index in [1.165, 1.54) is 99.7 Å². The highest BCUT2D eigenvalue weighted by Gasteiger charge is 2.51. The highest BCUT2D eigenvalue weighted by molar-refractivity contribution is 6.14. The zero-order valence-corrected chi connectivity index (χ0v) is 41.1. The number of anilines is 3. The maximum atomic E-state index is 2.52. The maximum absolute atomic E-state index is 2.52. The van der Waals surface area contributed by atoms with Gasteiger partial charge < -0.3 is 9.47 Å². The van der Waals surface area contributed by atoms with Crippen molar-refractivity contribution in [2.75, 3.05) is 4.90 Å². The van der Waals surface area contributed by atoms with E-state index in [1.54, 1.807) is 0 Å². The summed E-state index contributed by atoms with van der Waals surface area (Å²) in [5.41, 5.74) is 26.1. The van der Waals surface area contributed by atoms with Crippen molar-refractivity contribution in [2.45, 2.75) is 5.41 Å². The van der Waals surface area contributed by atoms with Crippen LogP contribution in [-0.2, 0) is 5.41 Å². The first kappa shape index (κ1) is 42.9. The summed E-state index contributed by atoms with van der Waals surface area (Å²) in [7, 11) is 0. The van der Waals surface area contributed by atoms with Crippen molar-refractivity contribution in [3.05, 3.63) is 313 Å². The minimum absolute atomic E-state index is 0.504. The minimum Gasteiger partial charge on any atom is -0.310 e. The van der Waals surface area contributed by atoms with Crippen LogP contribution in [-0.4, -0.2) is 4.57 Å². The van der Waals surface area contributed by atoms with Crippen LogP contribution in [0.1, 0.15) is 22.3 Å². The fraction of sp³-hybridized carbons (Fsp3) is 0.0137. The molecule has 0 saturated carbocycles. The first-order valence-electron chi connectivity index (χ1n) is 26.0. The van der Waals surface area contributed by atoms with Gasteiger partial charge in [-0.25, -0.2) is 0 Å². The summed E-state index contributed by atoms with van der Waals surface area (Å²) in [6, 6.07) is 108. The standard InChI is InChI=1S/C73H48N2/c1-3-23-49(24-4-1)54-29-7-8-30-56(54)57-31-9-10-32-58(57)63-36-14-19-43-70(63)74(52-28-21-25-50(47-52)55-38-22-39-65-64-37-15-20-44-71(64)75(72(55)65)51-26-5-2-6-27-51)53-45-46-62-61-35-13-18-42-68(61)73(69(62)48-53)66-40-16-11-33-59(66)60-34-12-17-41-67(60)73/h1-48H. The SMILES string of the molecule is c1ccc(-c2ccccc2-c2ccccc2-c2ccccc2N(c2cccc(-c3cccc4c5ccccc5n(-c5ccccc5)c34)c2)c2ccc3c(c2)C2(c4ccccc4-c4ccccc42)c2ccccc2-3)cc1. The van der Waals surface area contributed by atoms with E-state index < -0.39 is 5.41 Å². The zero-order chi connectivity index (χ0) is 49.5. The van der Waals surface area contributed by atoms with Crippen molar-refractivity contribution in [3.63, 3.8) is 0 Å². The van der Waals surface area contributed by atoms with Crippen LogP contribution in [0.3, 0.4) is 0 Å². The van der Waals surface area contributed by atoms with Crippen molar-refractivity contribution in [1.82, 2.24) is 4.57 Å². The van der Waals surface area contributed by atoms with E-state index in [1.807, 2.05) is 0 Å². The number of aromatic nitrogens is 1. The van der Waals surface area contributed by atoms with Gasteiger partial charge in [0.15, 0.2) is 0 Å². The number of hydrogen-bond acceptors (Lipinski definition) is 1. The highest BCUT2D eigenvalue weighted by Crippen LogP contribution is 2.63. The molecule has 15 rings (SSSR count). The molecule has 0 aliphatic heterocycles. The lowest BCUT2D eigenvalue weighted by Gasteiger charge is -2.33. The Labute approximate surface area is 437 Å². The van der Waals surface area contributed by atoms with E-state index in [-0.39, 0.29) is 0 Å². The van der Waals surface area contributed by atoms with Gasteiger partial charge in [-0.1, -0.05) is 243 Å². The highest BCUT2D eigenvalue weighted by atomic mass is 15.1. The third kappa shape index (κ3) is 6.46. The maximum Gasteiger partial charge on any atom is 0.0726 e. The molecule has 0 N–H and O–H groups in total. The molecule has 2 heteroatoms. The Morgan fingerprint density at radius 1 is 0.267 bits per heavy atom. The van der Waals surface area contributed by atoms with Gasteiger partial charge in [-0.15, -0.1) is 0 Å². The van der Waals surface area contributed by atoms with Gasteiger partial charge in [-0.3, -0.25) is 0 Å². The fourth-order valence-electron chi connectivity index (χ4n) is 13.0. The Balaban J connectivity index is 0.993. The van der Waals surface area contributed by atoms with Crippen molar-refractivity contribution in [2.24, 2.45) is 0 Å². The fourth-order valence-corrected chi connectivity index (χ4v) is 13.0. The summed E-state index contributed by atoms with van der Waals surface area (Å²) in [4.78, 5) is 2.52. The number of rotatable bonds is 8. The Bertz CT molecular complexity index is 4310. The van der Waals surface area contributed by atoms with Gasteiger partial charge in [-0.2, -0.15) is 0 Å². The van der Waals surface area contributed by atoms with Crippen LogP contribution < -0.4 is 4.90 Å². The molecule has 0 atom stereocenters. The lowest BCUT2D eigenvalue weighted by molar-refractivity contribution is 0.793. The van der Waals surface area contributed by atoms with Crippen LogP contribution in [0.25, 0.3) is 94.3 Å². The Hall–Kier alpha value is -9.76. The smallest absolute Gasteiger partial charge is 0.0726 e. The van der Waals surface area contributed by atoms with Gasteiger partial charge in [0.2, 0.25) is 0 Å². The molecule has 0 radical (unpaired) electrons. The van der Waals surface area contributed by atoms with E-state index in [9.17, 15) is 0 Å². The molecule has 2 aliphatic rings. The van der Waals surface area contributed by atoms with Gasteiger partial charge in [0.25, 0.3) is 0 Å². The monoisotopic (exact) mass is 952 g/mol. The van der Waals surface area contributed by atoms with Crippen molar-refractivity contribution in [3.8, 4) is 72.4 Å². The second-order valence-electron chi connectivity index (χ2n) is 19.9. The summed E-state index contributed by atoms with van der Waals surface area (Å²) < 4.78 is 2.44. The van der Waals surface area contributed by atoms with E-state index in [2.05, 4.69) is 301 Å². The summed E-state index contributed by atoms with van der Waals surface area (Å²) in [6.07, 6.45) is 0. The average Bonchev–Trinajstić information content (AvgIpc) is 4.11. The van der Waals surface area contributed by atoms with Crippen LogP contribution in [0.5, 0.6) is 0 Å². The molecule has 350 valence electrons. The molecule has 0 fully saturated rings. The largest absolute Gasteiger partial charge is 0.310 e. The first-order valence-corrected chi connectivity index (χ1v) is 26.0. The van der Waals surface area contributed by atoms with E-state index >= 15 is 0 Å². The van der Waals surface area contributed by atoms with Gasteiger partial charge in [0, 0.05) is 39.0 Å². The average molecular weight is 953 g/mol. The number of fused-ring (bicyclic) bond motifs is 13. The Morgan fingerprint density at radius 2 is 0.720 bits per heavy atom. The van der Waals surface area contributed by atoms with Gasteiger partial charge in [0.05, 0.1) is 22.1 Å². The molecule has 2 nitrogen and oxygen atoms in total. The lowest BCUT2D eigenvalue weighted by Crippen LogP contribution is -2.26. The minimum atomic E-state index is -0.504. The summed E-state index contributed by atoms with van der Waals surface area (Å²) in [6.45, 7) is 0. The van der Waals surface area contributed by atoms with Gasteiger partial charge >= 0.3 is 0 Å². The molecule has 0 bridgehead atoms. The quantitative estimate of drug-likeness (QED) is 0.147. The number of hydrogen-bond donors (Lipinski definition) is 0. The second kappa shape index (κ2) is 17.2. The molecule has 12 aromatic carbocycles. The molecule has 13 aromatic rings. The topological polar surface area (TPSA) is 8.17 Å². The van der Waals surface area contributed by atoms with E-state index in [4.69, 9.17) is 0 Å². The van der Waals surface area contributed by atoms with Crippen LogP contribution >= 0.6 is 0 Å². The van der Waals surface area contributed by atoms with Crippen molar-refractivity contribution in [1.29, 1.82) is 0 Å². The van der Waals surface area contributed by atoms with Gasteiger partial charge in [0.1, 0.15) is 0 Å².